The monoisotopic (exact) mass is 404 g/mol. The lowest BCUT2D eigenvalue weighted by Crippen LogP contribution is -1.95. The smallest absolute Gasteiger partial charge is 0.0447 e. The van der Waals surface area contributed by atoms with Gasteiger partial charge in [0.25, 0.3) is 0 Å². The molecule has 0 aliphatic carbocycles. The van der Waals surface area contributed by atoms with Crippen molar-refractivity contribution in [3.8, 4) is 0 Å². The lowest BCUT2D eigenvalue weighted by Gasteiger charge is -2.09. The number of benzene rings is 2. The molecule has 27 heavy (non-hydrogen) atoms. The summed E-state index contributed by atoms with van der Waals surface area (Å²) in [7, 11) is 0. The molecule has 0 spiro atoms. The van der Waals surface area contributed by atoms with Crippen molar-refractivity contribution in [1.82, 2.24) is 0 Å². The summed E-state index contributed by atoms with van der Waals surface area (Å²) in [5.41, 5.74) is 16.4. The second-order valence-corrected chi connectivity index (χ2v) is 8.69. The van der Waals surface area contributed by atoms with Crippen molar-refractivity contribution in [3.63, 3.8) is 0 Å². The van der Waals surface area contributed by atoms with Crippen LogP contribution in [0.15, 0.2) is 46.2 Å². The Hall–Kier alpha value is -1.30. The standard InChI is InChI=1S/C22H32N2OS2/c1-3-5-7-9-17-15-19(11-13-21(17)23)26-25-27-20-12-14-22(24)18(16-20)10-8-6-4-2/h11-16H,3-10,23-24H2,1-2H3. The molecule has 2 rings (SSSR count). The highest BCUT2D eigenvalue weighted by Gasteiger charge is 2.06. The van der Waals surface area contributed by atoms with Gasteiger partial charge in [-0.2, -0.15) is 0 Å². The van der Waals surface area contributed by atoms with Gasteiger partial charge in [-0.3, -0.25) is 0 Å². The Morgan fingerprint density at radius 2 is 1.15 bits per heavy atom. The van der Waals surface area contributed by atoms with Crippen LogP contribution in [0, 0.1) is 0 Å². The van der Waals surface area contributed by atoms with Crippen LogP contribution in [-0.4, -0.2) is 0 Å². The molecule has 0 bridgehead atoms. The van der Waals surface area contributed by atoms with Gasteiger partial charge in [-0.15, -0.1) is 0 Å². The lowest BCUT2D eigenvalue weighted by molar-refractivity contribution is 0.716. The minimum absolute atomic E-state index is 0.873. The number of nitrogens with two attached hydrogens (primary N) is 2. The molecule has 3 nitrogen and oxygen atoms in total. The van der Waals surface area contributed by atoms with Gasteiger partial charge in [0.05, 0.1) is 0 Å². The number of rotatable bonds is 12. The Labute approximate surface area is 173 Å². The van der Waals surface area contributed by atoms with E-state index in [4.69, 9.17) is 15.1 Å². The van der Waals surface area contributed by atoms with Crippen molar-refractivity contribution in [1.29, 1.82) is 0 Å². The summed E-state index contributed by atoms with van der Waals surface area (Å²) in [4.78, 5) is 2.17. The highest BCUT2D eigenvalue weighted by atomic mass is 32.2. The Balaban J connectivity index is 1.88. The Morgan fingerprint density at radius 1 is 0.704 bits per heavy atom. The molecule has 0 radical (unpaired) electrons. The first-order valence-electron chi connectivity index (χ1n) is 9.92. The quantitative estimate of drug-likeness (QED) is 0.225. The summed E-state index contributed by atoms with van der Waals surface area (Å²) in [5, 5.41) is 0. The van der Waals surface area contributed by atoms with E-state index in [2.05, 4.69) is 26.0 Å². The first kappa shape index (κ1) is 22.0. The fourth-order valence-electron chi connectivity index (χ4n) is 2.93. The van der Waals surface area contributed by atoms with Crippen molar-refractivity contribution in [2.24, 2.45) is 0 Å². The molecular formula is C22H32N2OS2. The minimum atomic E-state index is 0.873. The number of hydrogen-bond acceptors (Lipinski definition) is 5. The van der Waals surface area contributed by atoms with E-state index in [9.17, 15) is 0 Å². The van der Waals surface area contributed by atoms with Crippen molar-refractivity contribution >= 4 is 35.5 Å². The van der Waals surface area contributed by atoms with Gasteiger partial charge >= 0.3 is 0 Å². The van der Waals surface area contributed by atoms with Gasteiger partial charge < -0.3 is 11.5 Å². The second-order valence-electron chi connectivity index (χ2n) is 6.87. The molecule has 0 saturated carbocycles. The van der Waals surface area contributed by atoms with Crippen molar-refractivity contribution < 1.29 is 3.63 Å². The molecule has 0 heterocycles. The normalized spacial score (nSPS) is 11.0. The summed E-state index contributed by atoms with van der Waals surface area (Å²) in [6.07, 6.45) is 9.32. The molecule has 0 aromatic heterocycles. The maximum atomic E-state index is 6.11. The SMILES string of the molecule is CCCCCc1cc(SOSc2ccc(N)c(CCCCC)c2)ccc1N. The molecule has 0 fully saturated rings. The van der Waals surface area contributed by atoms with Crippen LogP contribution in [0.4, 0.5) is 11.4 Å². The molecule has 2 aromatic carbocycles. The molecule has 148 valence electrons. The number of anilines is 2. The summed E-state index contributed by atoms with van der Waals surface area (Å²) >= 11 is 2.77. The largest absolute Gasteiger partial charge is 0.399 e. The van der Waals surface area contributed by atoms with E-state index in [0.29, 0.717) is 0 Å². The van der Waals surface area contributed by atoms with E-state index in [1.165, 1.54) is 73.7 Å². The number of nitrogen functional groups attached to an aromatic ring is 2. The van der Waals surface area contributed by atoms with Gasteiger partial charge in [-0.05, 0) is 73.2 Å². The van der Waals surface area contributed by atoms with Gasteiger partial charge in [0.1, 0.15) is 0 Å². The van der Waals surface area contributed by atoms with E-state index in [1.807, 2.05) is 24.3 Å². The first-order valence-corrected chi connectivity index (χ1v) is 11.4. The predicted molar refractivity (Wildman–Crippen MR) is 121 cm³/mol. The van der Waals surface area contributed by atoms with Gasteiger partial charge in [0.15, 0.2) is 0 Å². The highest BCUT2D eigenvalue weighted by molar-refractivity contribution is 8.07. The van der Waals surface area contributed by atoms with Crippen molar-refractivity contribution in [2.45, 2.75) is 75.0 Å². The molecule has 0 aliphatic heterocycles. The molecular weight excluding hydrogens is 372 g/mol. The van der Waals surface area contributed by atoms with E-state index in [0.717, 1.165) is 34.0 Å². The van der Waals surface area contributed by atoms with Crippen LogP contribution in [0.2, 0.25) is 0 Å². The lowest BCUT2D eigenvalue weighted by atomic mass is 10.1. The third kappa shape index (κ3) is 7.68. The molecule has 5 heteroatoms. The molecule has 2 aromatic rings. The summed E-state index contributed by atoms with van der Waals surface area (Å²) in [6, 6.07) is 12.3. The zero-order valence-corrected chi connectivity index (χ0v) is 18.1. The van der Waals surface area contributed by atoms with Gasteiger partial charge in [0.2, 0.25) is 0 Å². The zero-order valence-electron chi connectivity index (χ0n) is 16.5. The number of unbranched alkanes of at least 4 members (excludes halogenated alkanes) is 4. The van der Waals surface area contributed by atoms with E-state index < -0.39 is 0 Å². The van der Waals surface area contributed by atoms with Crippen LogP contribution in [-0.2, 0) is 16.5 Å². The zero-order chi connectivity index (χ0) is 19.5. The Kier molecular flexibility index (Phi) is 9.95. The summed E-state index contributed by atoms with van der Waals surface area (Å²) < 4.78 is 5.80. The van der Waals surface area contributed by atoms with Crippen LogP contribution in [0.1, 0.15) is 63.5 Å². The van der Waals surface area contributed by atoms with Crippen LogP contribution in [0.3, 0.4) is 0 Å². The molecule has 0 unspecified atom stereocenters. The van der Waals surface area contributed by atoms with Gasteiger partial charge in [0, 0.05) is 45.3 Å². The summed E-state index contributed by atoms with van der Waals surface area (Å²) in [5.74, 6) is 0. The van der Waals surface area contributed by atoms with E-state index >= 15 is 0 Å². The Morgan fingerprint density at radius 3 is 1.56 bits per heavy atom. The predicted octanol–water partition coefficient (Wildman–Crippen LogP) is 7.05. The molecule has 0 aliphatic rings. The molecule has 0 amide bonds. The van der Waals surface area contributed by atoms with Crippen LogP contribution in [0.5, 0.6) is 0 Å². The summed E-state index contributed by atoms with van der Waals surface area (Å²) in [6.45, 7) is 4.43. The third-order valence-corrected chi connectivity index (χ3v) is 6.03. The fraction of sp³-hybridized carbons (Fsp3) is 0.455. The first-order chi connectivity index (χ1) is 13.1. The number of aryl methyl sites for hydroxylation is 2. The third-order valence-electron chi connectivity index (χ3n) is 4.59. The van der Waals surface area contributed by atoms with Crippen molar-refractivity contribution in [2.75, 3.05) is 11.5 Å². The van der Waals surface area contributed by atoms with Crippen LogP contribution < -0.4 is 11.5 Å². The van der Waals surface area contributed by atoms with E-state index in [-0.39, 0.29) is 0 Å². The van der Waals surface area contributed by atoms with E-state index in [1.54, 1.807) is 0 Å². The number of hydrogen-bond donors (Lipinski definition) is 2. The van der Waals surface area contributed by atoms with Crippen LogP contribution >= 0.6 is 24.1 Å². The second kappa shape index (κ2) is 12.2. The minimum Gasteiger partial charge on any atom is -0.399 e. The Bertz CT molecular complexity index is 647. The molecule has 0 saturated heterocycles. The van der Waals surface area contributed by atoms with Gasteiger partial charge in [-0.25, -0.2) is 3.63 Å². The average molecular weight is 405 g/mol. The maximum absolute atomic E-state index is 6.11. The average Bonchev–Trinajstić information content (AvgIpc) is 2.67. The van der Waals surface area contributed by atoms with Crippen molar-refractivity contribution in [3.05, 3.63) is 47.5 Å². The molecule has 4 N–H and O–H groups in total. The van der Waals surface area contributed by atoms with Gasteiger partial charge in [-0.1, -0.05) is 39.5 Å². The topological polar surface area (TPSA) is 61.3 Å². The maximum Gasteiger partial charge on any atom is 0.0447 e. The van der Waals surface area contributed by atoms with Crippen LogP contribution in [0.25, 0.3) is 0 Å². The molecule has 0 atom stereocenters. The fourth-order valence-corrected chi connectivity index (χ4v) is 4.32. The highest BCUT2D eigenvalue weighted by Crippen LogP contribution is 2.33.